The Morgan fingerprint density at radius 3 is 1.74 bits per heavy atom. The smallest absolute Gasteiger partial charge is 0.196 e. The van der Waals surface area contributed by atoms with E-state index in [0.717, 1.165) is 39.4 Å². The molecule has 1 atom stereocenters. The van der Waals surface area contributed by atoms with Gasteiger partial charge in [0, 0.05) is 28.0 Å². The number of ether oxygens (including phenoxy) is 1. The normalized spacial score (nSPS) is 13.9. The van der Waals surface area contributed by atoms with Crippen LogP contribution in [0.2, 0.25) is 0 Å². The number of nitrogens with zero attached hydrogens (tertiary/aromatic N) is 1. The number of fused-ring (bicyclic) bond motifs is 5. The Morgan fingerprint density at radius 2 is 1.05 bits per heavy atom. The average Bonchev–Trinajstić information content (AvgIpc) is 3.51. The van der Waals surface area contributed by atoms with E-state index in [1.54, 1.807) is 0 Å². The molecular weight excluding hydrogens is 512 g/mol. The minimum atomic E-state index is -0.199. The predicted octanol–water partition coefficient (Wildman–Crippen LogP) is 10.6. The molecule has 200 valence electrons. The van der Waals surface area contributed by atoms with E-state index >= 15 is 0 Å². The third-order valence-electron chi connectivity index (χ3n) is 8.07. The first-order valence-electron chi connectivity index (χ1n) is 14.3. The standard InChI is InChI=1S/C39H28N2O/c1-4-10-30(11-5-1)39-40-36-25-22-29-18-16-28-17-19-31(26-35(28)37(29)38(36)42-39)27-20-23-34(24-21-27)41(32-12-6-2-7-13-32)33-14-8-3-9-15-33/h1-26,39-40H. The second-order valence-electron chi connectivity index (χ2n) is 10.6. The van der Waals surface area contributed by atoms with E-state index in [4.69, 9.17) is 4.74 Å². The Bertz CT molecular complexity index is 1980. The molecule has 0 spiro atoms. The van der Waals surface area contributed by atoms with Crippen LogP contribution < -0.4 is 15.0 Å². The highest BCUT2D eigenvalue weighted by molar-refractivity contribution is 6.13. The molecule has 7 aromatic carbocycles. The van der Waals surface area contributed by atoms with Gasteiger partial charge in [0.25, 0.3) is 0 Å². The van der Waals surface area contributed by atoms with Crippen molar-refractivity contribution in [2.75, 3.05) is 10.2 Å². The Kier molecular flexibility index (Phi) is 5.86. The zero-order valence-electron chi connectivity index (χ0n) is 22.9. The fourth-order valence-corrected chi connectivity index (χ4v) is 6.00. The van der Waals surface area contributed by atoms with Crippen molar-refractivity contribution < 1.29 is 4.74 Å². The van der Waals surface area contributed by atoms with Crippen molar-refractivity contribution in [3.63, 3.8) is 0 Å². The maximum absolute atomic E-state index is 6.57. The van der Waals surface area contributed by atoms with Gasteiger partial charge in [-0.1, -0.05) is 109 Å². The number of hydrogen-bond donors (Lipinski definition) is 1. The summed E-state index contributed by atoms with van der Waals surface area (Å²) in [5.74, 6) is 0.917. The number of nitrogens with one attached hydrogen (secondary N) is 1. The van der Waals surface area contributed by atoms with Gasteiger partial charge in [0.2, 0.25) is 0 Å². The monoisotopic (exact) mass is 540 g/mol. The van der Waals surface area contributed by atoms with E-state index in [-0.39, 0.29) is 6.23 Å². The zero-order valence-corrected chi connectivity index (χ0v) is 22.9. The van der Waals surface area contributed by atoms with E-state index in [9.17, 15) is 0 Å². The lowest BCUT2D eigenvalue weighted by Crippen LogP contribution is -2.09. The lowest BCUT2D eigenvalue weighted by atomic mass is 9.96. The molecule has 1 unspecified atom stereocenters. The predicted molar refractivity (Wildman–Crippen MR) is 175 cm³/mol. The molecule has 1 aliphatic heterocycles. The Hall–Kier alpha value is -5.54. The van der Waals surface area contributed by atoms with Crippen LogP contribution in [0.15, 0.2) is 158 Å². The zero-order chi connectivity index (χ0) is 27.9. The summed E-state index contributed by atoms with van der Waals surface area (Å²) in [5.41, 5.74) is 7.87. The molecule has 1 N–H and O–H groups in total. The van der Waals surface area contributed by atoms with Gasteiger partial charge in [-0.15, -0.1) is 0 Å². The highest BCUT2D eigenvalue weighted by Crippen LogP contribution is 2.46. The van der Waals surface area contributed by atoms with Crippen LogP contribution >= 0.6 is 0 Å². The molecular formula is C39H28N2O. The van der Waals surface area contributed by atoms with Crippen LogP contribution in [-0.4, -0.2) is 0 Å². The molecule has 3 heteroatoms. The van der Waals surface area contributed by atoms with Crippen LogP contribution in [0.1, 0.15) is 11.8 Å². The minimum absolute atomic E-state index is 0.199. The summed E-state index contributed by atoms with van der Waals surface area (Å²) in [4.78, 5) is 2.29. The Balaban J connectivity index is 1.19. The molecule has 0 radical (unpaired) electrons. The fraction of sp³-hybridized carbons (Fsp3) is 0.0256. The van der Waals surface area contributed by atoms with E-state index in [1.807, 2.05) is 18.2 Å². The van der Waals surface area contributed by atoms with Crippen LogP contribution in [0.25, 0.3) is 32.7 Å². The second-order valence-corrected chi connectivity index (χ2v) is 10.6. The van der Waals surface area contributed by atoms with Crippen molar-refractivity contribution in [2.24, 2.45) is 0 Å². The quantitative estimate of drug-likeness (QED) is 0.220. The summed E-state index contributed by atoms with van der Waals surface area (Å²) in [5, 5.41) is 8.28. The molecule has 42 heavy (non-hydrogen) atoms. The maximum atomic E-state index is 6.57. The van der Waals surface area contributed by atoms with E-state index in [0.29, 0.717) is 0 Å². The molecule has 0 saturated heterocycles. The molecule has 0 aliphatic carbocycles. The van der Waals surface area contributed by atoms with Gasteiger partial charge in [-0.2, -0.15) is 0 Å². The summed E-state index contributed by atoms with van der Waals surface area (Å²) in [7, 11) is 0. The first kappa shape index (κ1) is 24.3. The third kappa shape index (κ3) is 4.23. The van der Waals surface area contributed by atoms with Gasteiger partial charge in [-0.05, 0) is 75.8 Å². The number of hydrogen-bond acceptors (Lipinski definition) is 3. The average molecular weight is 541 g/mol. The van der Waals surface area contributed by atoms with Crippen molar-refractivity contribution >= 4 is 44.3 Å². The van der Waals surface area contributed by atoms with Crippen LogP contribution in [-0.2, 0) is 0 Å². The van der Waals surface area contributed by atoms with Crippen molar-refractivity contribution in [1.29, 1.82) is 0 Å². The lowest BCUT2D eigenvalue weighted by molar-refractivity contribution is 0.263. The summed E-state index contributed by atoms with van der Waals surface area (Å²) in [6.45, 7) is 0. The Morgan fingerprint density at radius 1 is 0.500 bits per heavy atom. The fourth-order valence-electron chi connectivity index (χ4n) is 6.00. The van der Waals surface area contributed by atoms with Gasteiger partial charge in [0.15, 0.2) is 12.0 Å². The molecule has 0 aromatic heterocycles. The third-order valence-corrected chi connectivity index (χ3v) is 8.07. The van der Waals surface area contributed by atoms with Gasteiger partial charge in [-0.25, -0.2) is 0 Å². The molecule has 3 nitrogen and oxygen atoms in total. The molecule has 0 saturated carbocycles. The minimum Gasteiger partial charge on any atom is -0.464 e. The highest BCUT2D eigenvalue weighted by atomic mass is 16.5. The molecule has 0 fully saturated rings. The van der Waals surface area contributed by atoms with Crippen molar-refractivity contribution in [3.8, 4) is 16.9 Å². The number of para-hydroxylation sites is 2. The topological polar surface area (TPSA) is 24.5 Å². The van der Waals surface area contributed by atoms with Gasteiger partial charge in [0.05, 0.1) is 5.69 Å². The largest absolute Gasteiger partial charge is 0.464 e. The summed E-state index contributed by atoms with van der Waals surface area (Å²) in [6.07, 6.45) is -0.199. The lowest BCUT2D eigenvalue weighted by Gasteiger charge is -2.25. The van der Waals surface area contributed by atoms with Crippen molar-refractivity contribution in [1.82, 2.24) is 0 Å². The first-order chi connectivity index (χ1) is 20.8. The summed E-state index contributed by atoms with van der Waals surface area (Å²) in [6, 6.07) is 55.6. The van der Waals surface area contributed by atoms with Gasteiger partial charge >= 0.3 is 0 Å². The molecule has 0 amide bonds. The molecule has 1 heterocycles. The van der Waals surface area contributed by atoms with Crippen LogP contribution in [0.3, 0.4) is 0 Å². The van der Waals surface area contributed by atoms with Gasteiger partial charge < -0.3 is 15.0 Å². The van der Waals surface area contributed by atoms with E-state index in [2.05, 4.69) is 150 Å². The molecule has 0 bridgehead atoms. The first-order valence-corrected chi connectivity index (χ1v) is 14.3. The van der Waals surface area contributed by atoms with Gasteiger partial charge in [-0.3, -0.25) is 0 Å². The molecule has 8 rings (SSSR count). The molecule has 1 aliphatic rings. The molecule has 7 aromatic rings. The SMILES string of the molecule is c1ccc(C2Nc3ccc4ccc5ccc(-c6ccc(N(c7ccccc7)c7ccccc7)cc6)cc5c4c3O2)cc1. The van der Waals surface area contributed by atoms with Crippen molar-refractivity contribution in [3.05, 3.63) is 163 Å². The number of anilines is 4. The number of rotatable bonds is 5. The van der Waals surface area contributed by atoms with Gasteiger partial charge in [0.1, 0.15) is 0 Å². The summed E-state index contributed by atoms with van der Waals surface area (Å²) >= 11 is 0. The summed E-state index contributed by atoms with van der Waals surface area (Å²) < 4.78 is 6.57. The Labute approximate surface area is 245 Å². The maximum Gasteiger partial charge on any atom is 0.196 e. The van der Waals surface area contributed by atoms with Crippen LogP contribution in [0.5, 0.6) is 5.75 Å². The van der Waals surface area contributed by atoms with E-state index < -0.39 is 0 Å². The number of benzene rings is 7. The van der Waals surface area contributed by atoms with Crippen LogP contribution in [0.4, 0.5) is 22.7 Å². The van der Waals surface area contributed by atoms with Crippen molar-refractivity contribution in [2.45, 2.75) is 6.23 Å². The van der Waals surface area contributed by atoms with E-state index in [1.165, 1.54) is 27.3 Å². The van der Waals surface area contributed by atoms with Crippen LogP contribution in [0, 0.1) is 0 Å². The second kappa shape index (κ2) is 10.1. The highest BCUT2D eigenvalue weighted by Gasteiger charge is 2.26.